The summed E-state index contributed by atoms with van der Waals surface area (Å²) in [5.74, 6) is -0.746. The third-order valence-electron chi connectivity index (χ3n) is 20.6. The minimum atomic E-state index is -1.89. The van der Waals surface area contributed by atoms with Crippen LogP contribution >= 0.6 is 0 Å². The van der Waals surface area contributed by atoms with Gasteiger partial charge < -0.3 is 109 Å². The molecule has 10 fully saturated rings. The van der Waals surface area contributed by atoms with Gasteiger partial charge in [-0.15, -0.1) is 0 Å². The lowest BCUT2D eigenvalue weighted by molar-refractivity contribution is -0.388. The first kappa shape index (κ1) is 56.1. The number of fused-ring (bicyclic) bond motifs is 4. The Morgan fingerprint density at radius 3 is 1.85 bits per heavy atom. The van der Waals surface area contributed by atoms with Gasteiger partial charge in [-0.05, 0) is 93.3 Å². The molecule has 0 aromatic heterocycles. The molecule has 2 spiro atoms. The summed E-state index contributed by atoms with van der Waals surface area (Å²) in [6.07, 6.45) is -20.6. The summed E-state index contributed by atoms with van der Waals surface area (Å²) in [4.78, 5) is 0. The molecule has 6 saturated heterocycles. The number of aliphatic hydroxyl groups excluding tert-OH is 12. The summed E-state index contributed by atoms with van der Waals surface area (Å²) in [5, 5.41) is 128. The van der Waals surface area contributed by atoms with E-state index in [9.17, 15) is 61.3 Å². The highest BCUT2D eigenvalue weighted by Crippen LogP contribution is 2.80. The van der Waals surface area contributed by atoms with Crippen molar-refractivity contribution in [3.63, 3.8) is 0 Å². The number of rotatable bonds is 12. The molecule has 6 heterocycles. The van der Waals surface area contributed by atoms with Crippen LogP contribution in [0.2, 0.25) is 0 Å². The Morgan fingerprint density at radius 2 is 1.20 bits per heavy atom. The molecule has 0 amide bonds. The fraction of sp³-hybridized carbons (Fsp3) is 0.962. The van der Waals surface area contributed by atoms with Crippen molar-refractivity contribution in [2.75, 3.05) is 33.0 Å². The molecule has 22 heteroatoms. The Morgan fingerprint density at radius 1 is 0.608 bits per heavy atom. The lowest BCUT2D eigenvalue weighted by atomic mass is 9.35. The third kappa shape index (κ3) is 8.66. The van der Waals surface area contributed by atoms with E-state index in [1.54, 1.807) is 0 Å². The van der Waals surface area contributed by atoms with Crippen LogP contribution in [0.1, 0.15) is 99.8 Å². The molecule has 12 N–H and O–H groups in total. The molecule has 29 unspecified atom stereocenters. The summed E-state index contributed by atoms with van der Waals surface area (Å²) in [6.45, 7) is 13.5. The maximum atomic E-state index is 11.8. The summed E-state index contributed by atoms with van der Waals surface area (Å²) in [5.41, 5.74) is -1.11. The lowest BCUT2D eigenvalue weighted by Gasteiger charge is -2.70. The van der Waals surface area contributed by atoms with Gasteiger partial charge in [-0.2, -0.15) is 0 Å². The quantitative estimate of drug-likeness (QED) is 0.0776. The summed E-state index contributed by atoms with van der Waals surface area (Å²) < 4.78 is 64.2. The summed E-state index contributed by atoms with van der Waals surface area (Å²) >= 11 is 0. The van der Waals surface area contributed by atoms with E-state index < -0.39 is 153 Å². The van der Waals surface area contributed by atoms with Gasteiger partial charge >= 0.3 is 0 Å². The highest BCUT2D eigenvalue weighted by molar-refractivity contribution is 5.27. The van der Waals surface area contributed by atoms with Crippen molar-refractivity contribution in [3.05, 3.63) is 11.6 Å². The SMILES string of the molecule is CC(C)=CC1CC(C)(OC2OCC(O)C(O)C2O)C2C3CCC4C5(C)CCC(OC6OC(CO)C(O)C(OC7OC(CO)C(O)C(O)C7O)C6OC6OC(CO)C(O)C6O)C(C)(C)C5CCC4(C)C34COC2(C4)O1. The zero-order valence-corrected chi connectivity index (χ0v) is 43.6. The van der Waals surface area contributed by atoms with Crippen molar-refractivity contribution < 1.29 is 109 Å². The van der Waals surface area contributed by atoms with E-state index in [1.807, 2.05) is 13.8 Å². The molecule has 2 bridgehead atoms. The minimum Gasteiger partial charge on any atom is -0.394 e. The first-order valence-corrected chi connectivity index (χ1v) is 27.0. The molecular formula is C52H84O22. The second-order valence-electron chi connectivity index (χ2n) is 25.3. The maximum Gasteiger partial charge on any atom is 0.187 e. The maximum absolute atomic E-state index is 11.8. The van der Waals surface area contributed by atoms with E-state index in [0.717, 1.165) is 37.7 Å². The summed E-state index contributed by atoms with van der Waals surface area (Å²) in [6, 6.07) is 0. The molecule has 0 radical (unpaired) electrons. The predicted molar refractivity (Wildman–Crippen MR) is 251 cm³/mol. The zero-order valence-electron chi connectivity index (χ0n) is 43.6. The molecule has 4 aliphatic carbocycles. The summed E-state index contributed by atoms with van der Waals surface area (Å²) in [7, 11) is 0. The molecule has 29 atom stereocenters. The Bertz CT molecular complexity index is 2030. The van der Waals surface area contributed by atoms with Crippen molar-refractivity contribution in [3.8, 4) is 0 Å². The van der Waals surface area contributed by atoms with Crippen LogP contribution in [-0.4, -0.2) is 229 Å². The van der Waals surface area contributed by atoms with Crippen molar-refractivity contribution in [1.82, 2.24) is 0 Å². The highest BCUT2D eigenvalue weighted by Gasteiger charge is 2.81. The number of hydrogen-bond acceptors (Lipinski definition) is 22. The normalized spacial score (nSPS) is 56.7. The molecule has 74 heavy (non-hydrogen) atoms. The van der Waals surface area contributed by atoms with Crippen LogP contribution < -0.4 is 0 Å². The third-order valence-corrected chi connectivity index (χ3v) is 20.6. The molecule has 10 aliphatic rings. The van der Waals surface area contributed by atoms with Gasteiger partial charge in [0.25, 0.3) is 0 Å². The molecule has 0 aromatic rings. The molecule has 22 nitrogen and oxygen atoms in total. The monoisotopic (exact) mass is 1060 g/mol. The van der Waals surface area contributed by atoms with Gasteiger partial charge in [-0.25, -0.2) is 0 Å². The van der Waals surface area contributed by atoms with Crippen molar-refractivity contribution >= 4 is 0 Å². The second kappa shape index (κ2) is 20.1. The standard InChI is InChI=1S/C52H84O22/c1-22(2)14-23-15-50(7,74-43-37(62)32(57)25(56)19-65-43)42-24-8-9-30-48(5)12-11-31(47(3,4)29(48)10-13-49(30,6)51(24)20-52(42,73-23)66-21-51)70-46-41(72-44-38(63)34(59)27(17-54)68-44)40(35(60)28(18-55)69-46)71-45-39(64)36(61)33(58)26(16-53)67-45/h14,23-46,53-64H,8-13,15-21H2,1-7H3. The molecule has 10 rings (SSSR count). The number of ether oxygens (including phenoxy) is 10. The van der Waals surface area contributed by atoms with Crippen molar-refractivity contribution in [2.45, 2.75) is 234 Å². The molecular weight excluding hydrogens is 977 g/mol. The van der Waals surface area contributed by atoms with Crippen LogP contribution in [-0.2, 0) is 47.4 Å². The van der Waals surface area contributed by atoms with Crippen LogP contribution in [0, 0.1) is 45.3 Å². The van der Waals surface area contributed by atoms with Crippen LogP contribution in [0.3, 0.4) is 0 Å². The van der Waals surface area contributed by atoms with Gasteiger partial charge in [0.2, 0.25) is 0 Å². The van der Waals surface area contributed by atoms with Gasteiger partial charge in [-0.3, -0.25) is 0 Å². The van der Waals surface area contributed by atoms with Gasteiger partial charge in [0.15, 0.2) is 30.9 Å². The average molecular weight is 1060 g/mol. The average Bonchev–Trinajstić information content (AvgIpc) is 3.97. The fourth-order valence-electron chi connectivity index (χ4n) is 17.1. The van der Waals surface area contributed by atoms with Gasteiger partial charge in [0, 0.05) is 24.2 Å². The van der Waals surface area contributed by atoms with Crippen molar-refractivity contribution in [2.24, 2.45) is 45.3 Å². The minimum absolute atomic E-state index is 0.0992. The smallest absolute Gasteiger partial charge is 0.187 e. The molecule has 6 aliphatic heterocycles. The lowest BCUT2D eigenvalue weighted by Crippen LogP contribution is -2.69. The van der Waals surface area contributed by atoms with Crippen LogP contribution in [0.5, 0.6) is 0 Å². The second-order valence-corrected chi connectivity index (χ2v) is 25.3. The van der Waals surface area contributed by atoms with E-state index in [1.165, 1.54) is 0 Å². The van der Waals surface area contributed by atoms with Crippen LogP contribution in [0.4, 0.5) is 0 Å². The van der Waals surface area contributed by atoms with E-state index in [2.05, 4.69) is 40.7 Å². The Balaban J connectivity index is 0.927. The largest absolute Gasteiger partial charge is 0.394 e. The van der Waals surface area contributed by atoms with E-state index in [4.69, 9.17) is 47.4 Å². The number of allylic oxidation sites excluding steroid dienone is 1. The van der Waals surface area contributed by atoms with E-state index >= 15 is 0 Å². The van der Waals surface area contributed by atoms with E-state index in [-0.39, 0.29) is 52.6 Å². The highest BCUT2D eigenvalue weighted by atomic mass is 16.8. The molecule has 4 saturated carbocycles. The van der Waals surface area contributed by atoms with Gasteiger partial charge in [0.05, 0.1) is 50.8 Å². The van der Waals surface area contributed by atoms with Crippen molar-refractivity contribution in [1.29, 1.82) is 0 Å². The number of hydrogen-bond donors (Lipinski definition) is 12. The first-order chi connectivity index (χ1) is 34.8. The Kier molecular flexibility index (Phi) is 15.3. The zero-order chi connectivity index (χ0) is 53.4. The van der Waals surface area contributed by atoms with E-state index in [0.29, 0.717) is 25.9 Å². The van der Waals surface area contributed by atoms with Crippen LogP contribution in [0.15, 0.2) is 11.6 Å². The Labute approximate surface area is 431 Å². The fourth-order valence-corrected chi connectivity index (χ4v) is 17.1. The first-order valence-electron chi connectivity index (χ1n) is 27.0. The van der Waals surface area contributed by atoms with Gasteiger partial charge in [0.1, 0.15) is 85.5 Å². The molecule has 424 valence electrons. The Hall–Kier alpha value is -1.14. The molecule has 0 aromatic carbocycles. The topological polar surface area (TPSA) is 335 Å². The van der Waals surface area contributed by atoms with Crippen LogP contribution in [0.25, 0.3) is 0 Å². The number of aliphatic hydroxyl groups is 12. The predicted octanol–water partition coefficient (Wildman–Crippen LogP) is -1.57. The van der Waals surface area contributed by atoms with Gasteiger partial charge in [-0.1, -0.05) is 39.3 Å².